The first-order valence-electron chi connectivity index (χ1n) is 10.5. The fourth-order valence-electron chi connectivity index (χ4n) is 3.74. The van der Waals surface area contributed by atoms with Crippen molar-refractivity contribution in [3.05, 3.63) is 70.8 Å². The Morgan fingerprint density at radius 1 is 1.06 bits per heavy atom. The lowest BCUT2D eigenvalue weighted by molar-refractivity contribution is -0.140. The van der Waals surface area contributed by atoms with Crippen molar-refractivity contribution < 1.29 is 27.9 Å². The Morgan fingerprint density at radius 3 is 2.21 bits per heavy atom. The van der Waals surface area contributed by atoms with Gasteiger partial charge in [-0.15, -0.1) is 0 Å². The molecular weight excluding hydrogens is 444 g/mol. The van der Waals surface area contributed by atoms with Gasteiger partial charge in [0.15, 0.2) is 0 Å². The van der Waals surface area contributed by atoms with E-state index in [-0.39, 0.29) is 28.3 Å². The third-order valence-corrected chi connectivity index (χ3v) is 7.42. The first-order valence-corrected chi connectivity index (χ1v) is 11.9. The van der Waals surface area contributed by atoms with E-state index in [4.69, 9.17) is 4.74 Å². The van der Waals surface area contributed by atoms with Crippen LogP contribution in [0.1, 0.15) is 29.2 Å². The quantitative estimate of drug-likeness (QED) is 0.274. The zero-order chi connectivity index (χ0) is 24.3. The van der Waals surface area contributed by atoms with E-state index in [1.807, 2.05) is 31.2 Å². The van der Waals surface area contributed by atoms with Crippen LogP contribution in [0.5, 0.6) is 0 Å². The second-order valence-corrected chi connectivity index (χ2v) is 10.2. The van der Waals surface area contributed by atoms with E-state index >= 15 is 0 Å². The standard InChI is InChI=1S/C24H28N2O6S/c1-16-6-8-17(9-7-16)21-20(23(28)24(29)26(21)14-5-15-32-4)22(27)18-10-12-19(13-11-18)33(30,31)25(2)3/h6-13,21,27H,5,14-15H2,1-4H3. The van der Waals surface area contributed by atoms with Gasteiger partial charge < -0.3 is 14.7 Å². The number of ether oxygens (including phenoxy) is 1. The van der Waals surface area contributed by atoms with Crippen LogP contribution in [0, 0.1) is 6.92 Å². The molecule has 0 bridgehead atoms. The van der Waals surface area contributed by atoms with Gasteiger partial charge in [-0.05, 0) is 43.2 Å². The van der Waals surface area contributed by atoms with Gasteiger partial charge in [-0.2, -0.15) is 0 Å². The summed E-state index contributed by atoms with van der Waals surface area (Å²) in [6.45, 7) is 2.64. The average molecular weight is 473 g/mol. The van der Waals surface area contributed by atoms with Crippen molar-refractivity contribution in [2.45, 2.75) is 24.3 Å². The lowest BCUT2D eigenvalue weighted by Gasteiger charge is -2.25. The normalized spacial score (nSPS) is 18.3. The molecule has 1 saturated heterocycles. The van der Waals surface area contributed by atoms with Gasteiger partial charge in [0.25, 0.3) is 11.7 Å². The molecule has 9 heteroatoms. The van der Waals surface area contributed by atoms with Crippen molar-refractivity contribution in [2.75, 3.05) is 34.4 Å². The van der Waals surface area contributed by atoms with Crippen molar-refractivity contribution in [1.29, 1.82) is 0 Å². The average Bonchev–Trinajstić information content (AvgIpc) is 3.04. The number of ketones is 1. The number of hydrogen-bond donors (Lipinski definition) is 1. The van der Waals surface area contributed by atoms with Crippen LogP contribution in [-0.2, 0) is 24.3 Å². The third-order valence-electron chi connectivity index (χ3n) is 5.59. The zero-order valence-electron chi connectivity index (χ0n) is 19.1. The predicted molar refractivity (Wildman–Crippen MR) is 124 cm³/mol. The van der Waals surface area contributed by atoms with E-state index < -0.39 is 27.8 Å². The number of aliphatic hydroxyl groups is 1. The summed E-state index contributed by atoms with van der Waals surface area (Å²) in [7, 11) is 0.771. The molecule has 0 aromatic heterocycles. The van der Waals surface area contributed by atoms with Gasteiger partial charge in [-0.3, -0.25) is 9.59 Å². The van der Waals surface area contributed by atoms with Crippen molar-refractivity contribution in [3.63, 3.8) is 0 Å². The minimum atomic E-state index is -3.64. The highest BCUT2D eigenvalue weighted by Crippen LogP contribution is 2.39. The first-order chi connectivity index (χ1) is 15.6. The topological polar surface area (TPSA) is 104 Å². The van der Waals surface area contributed by atoms with Crippen LogP contribution in [0.3, 0.4) is 0 Å². The van der Waals surface area contributed by atoms with Gasteiger partial charge in [0.05, 0.1) is 16.5 Å². The number of aryl methyl sites for hydroxylation is 1. The highest BCUT2D eigenvalue weighted by Gasteiger charge is 2.45. The van der Waals surface area contributed by atoms with Gasteiger partial charge in [0.1, 0.15) is 5.76 Å². The van der Waals surface area contributed by atoms with Gasteiger partial charge in [0.2, 0.25) is 10.0 Å². The number of rotatable bonds is 8. The van der Waals surface area contributed by atoms with E-state index in [2.05, 4.69) is 0 Å². The smallest absolute Gasteiger partial charge is 0.295 e. The Morgan fingerprint density at radius 2 is 1.67 bits per heavy atom. The van der Waals surface area contributed by atoms with Crippen LogP contribution in [0.25, 0.3) is 5.76 Å². The fourth-order valence-corrected chi connectivity index (χ4v) is 4.64. The van der Waals surface area contributed by atoms with Crippen molar-refractivity contribution in [2.24, 2.45) is 0 Å². The molecule has 3 rings (SSSR count). The van der Waals surface area contributed by atoms with Crippen LogP contribution in [0.4, 0.5) is 0 Å². The van der Waals surface area contributed by atoms with Crippen molar-refractivity contribution in [1.82, 2.24) is 9.21 Å². The molecule has 8 nitrogen and oxygen atoms in total. The fraction of sp³-hybridized carbons (Fsp3) is 0.333. The van der Waals surface area contributed by atoms with Crippen molar-refractivity contribution >= 4 is 27.5 Å². The summed E-state index contributed by atoms with van der Waals surface area (Å²) in [5.74, 6) is -1.81. The number of carbonyl (C=O) groups excluding carboxylic acids is 2. The minimum absolute atomic E-state index is 0.0236. The molecule has 0 spiro atoms. The molecule has 1 unspecified atom stereocenters. The molecule has 1 fully saturated rings. The summed E-state index contributed by atoms with van der Waals surface area (Å²) in [6.07, 6.45) is 0.531. The number of Topliss-reactive ketones (excluding diaryl/α,β-unsaturated/α-hetero) is 1. The number of nitrogens with zero attached hydrogens (tertiary/aromatic N) is 2. The van der Waals surface area contributed by atoms with E-state index in [1.54, 1.807) is 7.11 Å². The first kappa shape index (κ1) is 24.6. The minimum Gasteiger partial charge on any atom is -0.507 e. The number of benzene rings is 2. The Kier molecular flexibility index (Phi) is 7.36. The molecule has 1 aliphatic heterocycles. The number of hydrogen-bond acceptors (Lipinski definition) is 6. The number of amides is 1. The number of likely N-dealkylation sites (tertiary alicyclic amines) is 1. The number of methoxy groups -OCH3 is 1. The highest BCUT2D eigenvalue weighted by molar-refractivity contribution is 7.89. The van der Waals surface area contributed by atoms with E-state index in [0.29, 0.717) is 18.6 Å². The molecule has 33 heavy (non-hydrogen) atoms. The third kappa shape index (κ3) is 4.85. The molecule has 1 aliphatic rings. The summed E-state index contributed by atoms with van der Waals surface area (Å²) in [5.41, 5.74) is 1.95. The molecule has 0 aliphatic carbocycles. The number of aliphatic hydroxyl groups excluding tert-OH is 1. The molecule has 1 amide bonds. The molecule has 1 heterocycles. The van der Waals surface area contributed by atoms with E-state index in [0.717, 1.165) is 9.87 Å². The van der Waals surface area contributed by atoms with E-state index in [9.17, 15) is 23.1 Å². The molecule has 2 aromatic carbocycles. The molecule has 2 aromatic rings. The summed E-state index contributed by atoms with van der Waals surface area (Å²) in [6, 6.07) is 12.2. The highest BCUT2D eigenvalue weighted by atomic mass is 32.2. The Balaban J connectivity index is 2.09. The maximum absolute atomic E-state index is 13.0. The zero-order valence-corrected chi connectivity index (χ0v) is 19.9. The van der Waals surface area contributed by atoms with Crippen LogP contribution in [0.2, 0.25) is 0 Å². The summed E-state index contributed by atoms with van der Waals surface area (Å²) in [4.78, 5) is 27.4. The number of sulfonamides is 1. The largest absolute Gasteiger partial charge is 0.507 e. The maximum Gasteiger partial charge on any atom is 0.295 e. The predicted octanol–water partition coefficient (Wildman–Crippen LogP) is 2.70. The Bertz CT molecular complexity index is 1170. The maximum atomic E-state index is 13.0. The lowest BCUT2D eigenvalue weighted by Crippen LogP contribution is -2.31. The van der Waals surface area contributed by atoms with Crippen LogP contribution < -0.4 is 0 Å². The summed E-state index contributed by atoms with van der Waals surface area (Å²) in [5, 5.41) is 11.1. The van der Waals surface area contributed by atoms with Gasteiger partial charge in [-0.25, -0.2) is 12.7 Å². The summed E-state index contributed by atoms with van der Waals surface area (Å²) >= 11 is 0. The lowest BCUT2D eigenvalue weighted by atomic mass is 9.94. The van der Waals surface area contributed by atoms with Gasteiger partial charge in [0, 0.05) is 39.9 Å². The molecule has 1 atom stereocenters. The SMILES string of the molecule is COCCCN1C(=O)C(=O)C(=C(O)c2ccc(S(=O)(=O)N(C)C)cc2)C1c1ccc(C)cc1. The van der Waals surface area contributed by atoms with Crippen LogP contribution >= 0.6 is 0 Å². The molecular formula is C24H28N2O6S. The van der Waals surface area contributed by atoms with Crippen molar-refractivity contribution in [3.8, 4) is 0 Å². The molecule has 0 radical (unpaired) electrons. The Hall–Kier alpha value is -3.01. The molecule has 0 saturated carbocycles. The van der Waals surface area contributed by atoms with Crippen LogP contribution in [-0.4, -0.2) is 68.8 Å². The second kappa shape index (κ2) is 9.86. The monoisotopic (exact) mass is 472 g/mol. The number of carbonyl (C=O) groups is 2. The van der Waals surface area contributed by atoms with E-state index in [1.165, 1.54) is 43.3 Å². The molecule has 176 valence electrons. The van der Waals surface area contributed by atoms with Gasteiger partial charge in [-0.1, -0.05) is 29.8 Å². The summed E-state index contributed by atoms with van der Waals surface area (Å²) < 4.78 is 30.8. The molecule has 1 N–H and O–H groups in total. The van der Waals surface area contributed by atoms with Crippen LogP contribution in [0.15, 0.2) is 59.0 Å². The van der Waals surface area contributed by atoms with Gasteiger partial charge >= 0.3 is 0 Å². The second-order valence-electron chi connectivity index (χ2n) is 8.06. The Labute approximate surface area is 194 Å².